The molecule has 10 heteroatoms. The van der Waals surface area contributed by atoms with Crippen molar-refractivity contribution in [2.75, 3.05) is 12.8 Å². The third kappa shape index (κ3) is 5.15. The number of nitro benzene ring substituents is 1. The van der Waals surface area contributed by atoms with Crippen LogP contribution in [0.25, 0.3) is 0 Å². The molecule has 1 atom stereocenters. The summed E-state index contributed by atoms with van der Waals surface area (Å²) in [4.78, 5) is 36.2. The van der Waals surface area contributed by atoms with Gasteiger partial charge in [0.1, 0.15) is 0 Å². The Morgan fingerprint density at radius 3 is 2.50 bits per heavy atom. The predicted octanol–water partition coefficient (Wildman–Crippen LogP) is 4.31. The smallest absolute Gasteiger partial charge is 0.283 e. The molecule has 0 aromatic heterocycles. The molecule has 0 radical (unpaired) electrons. The lowest BCUT2D eigenvalue weighted by Gasteiger charge is -2.26. The average molecular weight is 442 g/mol. The quantitative estimate of drug-likeness (QED) is 0.391. The first-order valence-electron chi connectivity index (χ1n) is 8.03. The maximum atomic E-state index is 12.6. The fourth-order valence-electron chi connectivity index (χ4n) is 2.44. The highest BCUT2D eigenvalue weighted by Gasteiger charge is 2.22. The van der Waals surface area contributed by atoms with Gasteiger partial charge in [0.15, 0.2) is 0 Å². The van der Waals surface area contributed by atoms with Gasteiger partial charge in [-0.05, 0) is 36.8 Å². The minimum Gasteiger partial charge on any atom is -0.366 e. The number of rotatable bonds is 7. The molecule has 28 heavy (non-hydrogen) atoms. The molecule has 0 fully saturated rings. The fourth-order valence-corrected chi connectivity index (χ4v) is 3.94. The van der Waals surface area contributed by atoms with Crippen molar-refractivity contribution >= 4 is 52.5 Å². The van der Waals surface area contributed by atoms with Gasteiger partial charge in [0, 0.05) is 28.7 Å². The maximum Gasteiger partial charge on any atom is 0.283 e. The van der Waals surface area contributed by atoms with E-state index in [0.29, 0.717) is 10.0 Å². The Labute approximate surface area is 175 Å². The third-order valence-corrected chi connectivity index (χ3v) is 5.79. The van der Waals surface area contributed by atoms with Crippen molar-refractivity contribution in [3.8, 4) is 0 Å². The number of thioether (sulfide) groups is 1. The molecular formula is C18H17Cl2N3O4S. The summed E-state index contributed by atoms with van der Waals surface area (Å²) in [6.45, 7) is 1.82. The van der Waals surface area contributed by atoms with Crippen molar-refractivity contribution in [2.24, 2.45) is 5.73 Å². The lowest BCUT2D eigenvalue weighted by atomic mass is 10.1. The van der Waals surface area contributed by atoms with Gasteiger partial charge in [0.2, 0.25) is 11.8 Å². The van der Waals surface area contributed by atoms with E-state index in [2.05, 4.69) is 0 Å². The molecule has 2 N–H and O–H groups in total. The van der Waals surface area contributed by atoms with E-state index in [0.717, 1.165) is 23.4 Å². The van der Waals surface area contributed by atoms with Crippen LogP contribution >= 0.6 is 35.0 Å². The zero-order valence-electron chi connectivity index (χ0n) is 15.0. The van der Waals surface area contributed by atoms with Crippen LogP contribution in [0.3, 0.4) is 0 Å². The molecule has 0 spiro atoms. The molecule has 2 rings (SSSR count). The predicted molar refractivity (Wildman–Crippen MR) is 110 cm³/mol. The summed E-state index contributed by atoms with van der Waals surface area (Å²) in [5, 5.41) is 12.2. The number of hydrogen-bond donors (Lipinski definition) is 1. The number of amides is 2. The molecule has 2 aromatic rings. The van der Waals surface area contributed by atoms with Crippen LogP contribution < -0.4 is 5.73 Å². The number of hydrogen-bond acceptors (Lipinski definition) is 5. The Hall–Kier alpha value is -2.29. The fraction of sp³-hybridized carbons (Fsp3) is 0.222. The van der Waals surface area contributed by atoms with E-state index < -0.39 is 10.8 Å². The number of benzene rings is 2. The van der Waals surface area contributed by atoms with Gasteiger partial charge in [-0.2, -0.15) is 0 Å². The van der Waals surface area contributed by atoms with Gasteiger partial charge in [-0.1, -0.05) is 29.3 Å². The highest BCUT2D eigenvalue weighted by atomic mass is 35.5. The first-order valence-corrected chi connectivity index (χ1v) is 9.77. The number of halogens is 2. The van der Waals surface area contributed by atoms with Crippen LogP contribution in [0.1, 0.15) is 28.9 Å². The minimum absolute atomic E-state index is 0.0250. The van der Waals surface area contributed by atoms with Crippen molar-refractivity contribution in [2.45, 2.75) is 17.9 Å². The van der Waals surface area contributed by atoms with Gasteiger partial charge < -0.3 is 10.6 Å². The summed E-state index contributed by atoms with van der Waals surface area (Å²) < 4.78 is 0. The summed E-state index contributed by atoms with van der Waals surface area (Å²) in [6, 6.07) is 8.64. The molecule has 0 heterocycles. The molecule has 2 aromatic carbocycles. The first-order chi connectivity index (χ1) is 13.1. The number of carbonyl (C=O) groups excluding carboxylic acids is 2. The lowest BCUT2D eigenvalue weighted by Crippen LogP contribution is -2.31. The summed E-state index contributed by atoms with van der Waals surface area (Å²) in [6.07, 6.45) is 0. The Kier molecular flexibility index (Phi) is 7.29. The number of nitrogens with two attached hydrogens (primary N) is 1. The lowest BCUT2D eigenvalue weighted by molar-refractivity contribution is -0.387. The Balaban J connectivity index is 2.12. The Morgan fingerprint density at radius 1 is 1.25 bits per heavy atom. The van der Waals surface area contributed by atoms with E-state index in [1.54, 1.807) is 25.2 Å². The van der Waals surface area contributed by atoms with Gasteiger partial charge in [0.25, 0.3) is 5.69 Å². The van der Waals surface area contributed by atoms with Gasteiger partial charge >= 0.3 is 0 Å². The van der Waals surface area contributed by atoms with Crippen LogP contribution in [-0.2, 0) is 4.79 Å². The van der Waals surface area contributed by atoms with E-state index in [1.807, 2.05) is 6.92 Å². The maximum absolute atomic E-state index is 12.6. The van der Waals surface area contributed by atoms with Crippen LogP contribution in [0.2, 0.25) is 10.0 Å². The monoisotopic (exact) mass is 441 g/mol. The Bertz CT molecular complexity index is 939. The summed E-state index contributed by atoms with van der Waals surface area (Å²) in [5.41, 5.74) is 5.66. The summed E-state index contributed by atoms with van der Waals surface area (Å²) >= 11 is 13.1. The van der Waals surface area contributed by atoms with Gasteiger partial charge in [-0.25, -0.2) is 0 Å². The van der Waals surface area contributed by atoms with E-state index in [1.165, 1.54) is 17.0 Å². The average Bonchev–Trinajstić information content (AvgIpc) is 2.64. The normalized spacial score (nSPS) is 11.7. The van der Waals surface area contributed by atoms with Crippen molar-refractivity contribution in [1.82, 2.24) is 4.90 Å². The number of primary amides is 1. The van der Waals surface area contributed by atoms with Crippen LogP contribution in [0.4, 0.5) is 5.69 Å². The van der Waals surface area contributed by atoms with E-state index >= 15 is 0 Å². The van der Waals surface area contributed by atoms with E-state index in [-0.39, 0.29) is 33.8 Å². The molecule has 0 saturated heterocycles. The zero-order chi connectivity index (χ0) is 21.0. The van der Waals surface area contributed by atoms with Gasteiger partial charge in [-0.3, -0.25) is 19.7 Å². The van der Waals surface area contributed by atoms with Crippen LogP contribution in [-0.4, -0.2) is 34.4 Å². The Morgan fingerprint density at radius 2 is 1.93 bits per heavy atom. The molecule has 0 aliphatic rings. The standard InChI is InChI=1S/C18H17Cl2N3O4S/c1-10(13-5-4-12(19)8-14(13)20)22(2)17(24)9-28-16-6-3-11(18(21)25)7-15(16)23(26)27/h3-8,10H,9H2,1-2H3,(H2,21,25). The third-order valence-electron chi connectivity index (χ3n) is 4.18. The molecule has 2 amide bonds. The second kappa shape index (κ2) is 9.27. The molecule has 0 saturated carbocycles. The zero-order valence-corrected chi connectivity index (χ0v) is 17.3. The van der Waals surface area contributed by atoms with Gasteiger partial charge in [-0.15, -0.1) is 11.8 Å². The number of nitrogens with zero attached hydrogens (tertiary/aromatic N) is 2. The van der Waals surface area contributed by atoms with Crippen LogP contribution in [0.15, 0.2) is 41.3 Å². The number of carbonyl (C=O) groups is 2. The van der Waals surface area contributed by atoms with Crippen LogP contribution in [0, 0.1) is 10.1 Å². The summed E-state index contributed by atoms with van der Waals surface area (Å²) in [7, 11) is 1.63. The van der Waals surface area contributed by atoms with Crippen molar-refractivity contribution in [1.29, 1.82) is 0 Å². The van der Waals surface area contributed by atoms with Crippen molar-refractivity contribution in [3.05, 3.63) is 67.7 Å². The molecule has 7 nitrogen and oxygen atoms in total. The van der Waals surface area contributed by atoms with E-state index in [9.17, 15) is 19.7 Å². The second-order valence-corrected chi connectivity index (χ2v) is 7.80. The number of nitro groups is 1. The molecule has 0 bridgehead atoms. The molecule has 0 aliphatic heterocycles. The largest absolute Gasteiger partial charge is 0.366 e. The minimum atomic E-state index is -0.760. The highest BCUT2D eigenvalue weighted by molar-refractivity contribution is 8.00. The topological polar surface area (TPSA) is 107 Å². The second-order valence-electron chi connectivity index (χ2n) is 5.94. The first kappa shape index (κ1) is 22.0. The molecule has 1 unspecified atom stereocenters. The van der Waals surface area contributed by atoms with E-state index in [4.69, 9.17) is 28.9 Å². The molecule has 0 aliphatic carbocycles. The molecule has 148 valence electrons. The molecular weight excluding hydrogens is 425 g/mol. The van der Waals surface area contributed by atoms with Gasteiger partial charge in [0.05, 0.1) is 21.6 Å². The highest BCUT2D eigenvalue weighted by Crippen LogP contribution is 2.32. The summed E-state index contributed by atoms with van der Waals surface area (Å²) in [5.74, 6) is -1.02. The van der Waals surface area contributed by atoms with Crippen LogP contribution in [0.5, 0.6) is 0 Å². The van der Waals surface area contributed by atoms with Crippen molar-refractivity contribution < 1.29 is 14.5 Å². The van der Waals surface area contributed by atoms with Crippen molar-refractivity contribution in [3.63, 3.8) is 0 Å². The SMILES string of the molecule is CC(c1ccc(Cl)cc1Cl)N(C)C(=O)CSc1ccc(C(N)=O)cc1[N+](=O)[O-].